The zero-order chi connectivity index (χ0) is 21.6. The highest BCUT2D eigenvalue weighted by Gasteiger charge is 2.33. The van der Waals surface area contributed by atoms with Crippen LogP contribution in [0.4, 0.5) is 0 Å². The van der Waals surface area contributed by atoms with Gasteiger partial charge in [0, 0.05) is 32.0 Å². The quantitative estimate of drug-likeness (QED) is 0.425. The molecule has 0 spiro atoms. The van der Waals surface area contributed by atoms with Gasteiger partial charge in [0.15, 0.2) is 0 Å². The summed E-state index contributed by atoms with van der Waals surface area (Å²) >= 11 is 0. The summed E-state index contributed by atoms with van der Waals surface area (Å²) in [6.45, 7) is 7.45. The van der Waals surface area contributed by atoms with Crippen LogP contribution in [0, 0.1) is 0 Å². The third kappa shape index (κ3) is 4.92. The van der Waals surface area contributed by atoms with Crippen LogP contribution in [-0.2, 0) is 17.8 Å². The largest absolute Gasteiger partial charge is 0.494 e. The van der Waals surface area contributed by atoms with E-state index in [1.807, 2.05) is 23.1 Å². The van der Waals surface area contributed by atoms with E-state index in [9.17, 15) is 4.79 Å². The number of nitrogens with zero attached hydrogens (tertiary/aromatic N) is 3. The predicted molar refractivity (Wildman–Crippen MR) is 125 cm³/mol. The molecule has 0 radical (unpaired) electrons. The highest BCUT2D eigenvalue weighted by atomic mass is 16.5. The van der Waals surface area contributed by atoms with Crippen molar-refractivity contribution in [3.05, 3.63) is 59.9 Å². The minimum Gasteiger partial charge on any atom is -0.494 e. The SMILES string of the molecule is CCCCN1C[C@@H](c2nc3ccccc3n2CCCOc2ccc(CC)cc2)CC1=O. The number of aryl methyl sites for hydroxylation is 2. The third-order valence-electron chi connectivity index (χ3n) is 6.17. The lowest BCUT2D eigenvalue weighted by Crippen LogP contribution is -2.26. The van der Waals surface area contributed by atoms with Crippen LogP contribution in [0.25, 0.3) is 11.0 Å². The Hall–Kier alpha value is -2.82. The molecule has 1 fully saturated rings. The van der Waals surface area contributed by atoms with Gasteiger partial charge in [-0.15, -0.1) is 0 Å². The number of imidazole rings is 1. The normalized spacial score (nSPS) is 16.4. The van der Waals surface area contributed by atoms with Crippen LogP contribution >= 0.6 is 0 Å². The van der Waals surface area contributed by atoms with E-state index in [2.05, 4.69) is 48.7 Å². The number of ether oxygens (including phenoxy) is 1. The van der Waals surface area contributed by atoms with Crippen LogP contribution in [0.3, 0.4) is 0 Å². The molecule has 4 rings (SSSR count). The fraction of sp³-hybridized carbons (Fsp3) is 0.462. The number of carbonyl (C=O) groups is 1. The molecule has 1 amide bonds. The molecule has 2 heterocycles. The second kappa shape index (κ2) is 9.99. The van der Waals surface area contributed by atoms with Crippen LogP contribution in [0.2, 0.25) is 0 Å². The van der Waals surface area contributed by atoms with Gasteiger partial charge >= 0.3 is 0 Å². The third-order valence-corrected chi connectivity index (χ3v) is 6.17. The fourth-order valence-corrected chi connectivity index (χ4v) is 4.39. The lowest BCUT2D eigenvalue weighted by Gasteiger charge is -2.17. The molecule has 5 nitrogen and oxygen atoms in total. The maximum absolute atomic E-state index is 12.5. The number of rotatable bonds is 10. The average Bonchev–Trinajstić information content (AvgIpc) is 3.35. The molecule has 1 aromatic heterocycles. The standard InChI is InChI=1S/C26H33N3O2/c1-3-5-15-28-19-21(18-25(28)30)26-27-23-9-6-7-10-24(23)29(26)16-8-17-31-22-13-11-20(4-2)12-14-22/h6-7,9-14,21H,3-5,8,15-19H2,1-2H3/t21-/m0/s1. The van der Waals surface area contributed by atoms with Gasteiger partial charge < -0.3 is 14.2 Å². The molecule has 1 saturated heterocycles. The van der Waals surface area contributed by atoms with Crippen molar-refractivity contribution in [1.29, 1.82) is 0 Å². The topological polar surface area (TPSA) is 47.4 Å². The van der Waals surface area contributed by atoms with Crippen LogP contribution < -0.4 is 4.74 Å². The van der Waals surface area contributed by atoms with E-state index >= 15 is 0 Å². The molecule has 0 aliphatic carbocycles. The summed E-state index contributed by atoms with van der Waals surface area (Å²) in [5.41, 5.74) is 3.47. The van der Waals surface area contributed by atoms with E-state index in [0.29, 0.717) is 13.0 Å². The zero-order valence-corrected chi connectivity index (χ0v) is 18.7. The van der Waals surface area contributed by atoms with E-state index in [-0.39, 0.29) is 11.8 Å². The summed E-state index contributed by atoms with van der Waals surface area (Å²) < 4.78 is 8.27. The van der Waals surface area contributed by atoms with Crippen molar-refractivity contribution in [3.63, 3.8) is 0 Å². The smallest absolute Gasteiger partial charge is 0.223 e. The number of hydrogen-bond acceptors (Lipinski definition) is 3. The predicted octanol–water partition coefficient (Wildman–Crippen LogP) is 5.18. The number of amides is 1. The van der Waals surface area contributed by atoms with E-state index in [1.165, 1.54) is 5.56 Å². The number of carbonyl (C=O) groups excluding carboxylic acids is 1. The minimum absolute atomic E-state index is 0.166. The highest BCUT2D eigenvalue weighted by Crippen LogP contribution is 2.30. The van der Waals surface area contributed by atoms with Gasteiger partial charge in [-0.2, -0.15) is 0 Å². The molecular formula is C26H33N3O2. The van der Waals surface area contributed by atoms with Gasteiger partial charge in [-0.05, 0) is 49.1 Å². The second-order valence-corrected chi connectivity index (χ2v) is 8.40. The molecule has 3 aromatic rings. The number of fused-ring (bicyclic) bond motifs is 1. The molecule has 5 heteroatoms. The Morgan fingerprint density at radius 2 is 1.84 bits per heavy atom. The monoisotopic (exact) mass is 419 g/mol. The fourth-order valence-electron chi connectivity index (χ4n) is 4.39. The summed E-state index contributed by atoms with van der Waals surface area (Å²) in [4.78, 5) is 19.5. The minimum atomic E-state index is 0.166. The van der Waals surface area contributed by atoms with Crippen molar-refractivity contribution in [2.45, 2.75) is 58.4 Å². The molecule has 164 valence electrons. The Morgan fingerprint density at radius 3 is 2.61 bits per heavy atom. The maximum Gasteiger partial charge on any atom is 0.223 e. The lowest BCUT2D eigenvalue weighted by atomic mass is 10.1. The summed E-state index contributed by atoms with van der Waals surface area (Å²) in [5, 5.41) is 0. The maximum atomic E-state index is 12.5. The molecule has 1 atom stereocenters. The van der Waals surface area contributed by atoms with Gasteiger partial charge in [-0.1, -0.05) is 44.5 Å². The number of likely N-dealkylation sites (tertiary alicyclic amines) is 1. The van der Waals surface area contributed by atoms with Gasteiger partial charge in [0.25, 0.3) is 0 Å². The van der Waals surface area contributed by atoms with Crippen molar-refractivity contribution in [3.8, 4) is 5.75 Å². The van der Waals surface area contributed by atoms with Gasteiger partial charge in [0.1, 0.15) is 11.6 Å². The average molecular weight is 420 g/mol. The molecule has 1 aliphatic heterocycles. The Morgan fingerprint density at radius 1 is 1.03 bits per heavy atom. The lowest BCUT2D eigenvalue weighted by molar-refractivity contribution is -0.127. The van der Waals surface area contributed by atoms with Crippen molar-refractivity contribution in [2.75, 3.05) is 19.7 Å². The number of hydrogen-bond donors (Lipinski definition) is 0. The number of para-hydroxylation sites is 2. The van der Waals surface area contributed by atoms with Crippen LogP contribution in [0.1, 0.15) is 56.8 Å². The van der Waals surface area contributed by atoms with Crippen molar-refractivity contribution in [2.24, 2.45) is 0 Å². The van der Waals surface area contributed by atoms with Crippen LogP contribution in [-0.4, -0.2) is 40.1 Å². The van der Waals surface area contributed by atoms with E-state index in [1.54, 1.807) is 0 Å². The zero-order valence-electron chi connectivity index (χ0n) is 18.7. The Kier molecular flexibility index (Phi) is 6.90. The van der Waals surface area contributed by atoms with E-state index in [0.717, 1.165) is 67.9 Å². The Bertz CT molecular complexity index is 1010. The van der Waals surface area contributed by atoms with E-state index < -0.39 is 0 Å². The molecule has 0 bridgehead atoms. The van der Waals surface area contributed by atoms with Gasteiger partial charge in [0.05, 0.1) is 17.6 Å². The first kappa shape index (κ1) is 21.4. The van der Waals surface area contributed by atoms with Gasteiger partial charge in [-0.25, -0.2) is 4.98 Å². The number of unbranched alkanes of at least 4 members (excludes halogenated alkanes) is 1. The van der Waals surface area contributed by atoms with E-state index in [4.69, 9.17) is 9.72 Å². The van der Waals surface area contributed by atoms with Crippen molar-refractivity contribution < 1.29 is 9.53 Å². The van der Waals surface area contributed by atoms with Crippen LogP contribution in [0.5, 0.6) is 5.75 Å². The molecule has 1 aliphatic rings. The molecular weight excluding hydrogens is 386 g/mol. The highest BCUT2D eigenvalue weighted by molar-refractivity contribution is 5.80. The second-order valence-electron chi connectivity index (χ2n) is 8.40. The van der Waals surface area contributed by atoms with Crippen LogP contribution in [0.15, 0.2) is 48.5 Å². The molecule has 2 aromatic carbocycles. The van der Waals surface area contributed by atoms with Gasteiger partial charge in [-0.3, -0.25) is 4.79 Å². The number of aromatic nitrogens is 2. The molecule has 31 heavy (non-hydrogen) atoms. The first-order valence-electron chi connectivity index (χ1n) is 11.6. The number of benzene rings is 2. The summed E-state index contributed by atoms with van der Waals surface area (Å²) in [6.07, 6.45) is 4.66. The first-order valence-corrected chi connectivity index (χ1v) is 11.6. The first-order chi connectivity index (χ1) is 15.2. The molecule has 0 unspecified atom stereocenters. The molecule has 0 saturated carbocycles. The Labute approximate surface area is 185 Å². The Balaban J connectivity index is 1.44. The summed E-state index contributed by atoms with van der Waals surface area (Å²) in [7, 11) is 0. The summed E-state index contributed by atoms with van der Waals surface area (Å²) in [6, 6.07) is 16.6. The summed E-state index contributed by atoms with van der Waals surface area (Å²) in [5.74, 6) is 2.39. The van der Waals surface area contributed by atoms with Gasteiger partial charge in [0.2, 0.25) is 5.91 Å². The van der Waals surface area contributed by atoms with Crippen molar-refractivity contribution in [1.82, 2.24) is 14.5 Å². The molecule has 0 N–H and O–H groups in total. The van der Waals surface area contributed by atoms with Crippen molar-refractivity contribution >= 4 is 16.9 Å².